The molecule has 1 N–H and O–H groups in total. The Labute approximate surface area is 119 Å². The maximum atomic E-state index is 11.9. The minimum absolute atomic E-state index is 0.00386. The van der Waals surface area contributed by atoms with Crippen molar-refractivity contribution in [3.05, 3.63) is 29.8 Å². The molecule has 1 aliphatic heterocycles. The van der Waals surface area contributed by atoms with E-state index >= 15 is 0 Å². The number of para-hydroxylation sites is 1. The first-order valence-electron chi connectivity index (χ1n) is 6.50. The van der Waals surface area contributed by atoms with Crippen LogP contribution in [0.3, 0.4) is 0 Å². The second kappa shape index (κ2) is 5.44. The van der Waals surface area contributed by atoms with Crippen LogP contribution in [0, 0.1) is 6.92 Å². The Hall–Kier alpha value is -1.56. The summed E-state index contributed by atoms with van der Waals surface area (Å²) in [6, 6.07) is 7.43. The molecule has 0 radical (unpaired) electrons. The van der Waals surface area contributed by atoms with Gasteiger partial charge in [-0.15, -0.1) is 0 Å². The van der Waals surface area contributed by atoms with Crippen molar-refractivity contribution in [1.82, 2.24) is 5.32 Å². The molecule has 0 spiro atoms. The molecule has 0 saturated carbocycles. The molecule has 1 fully saturated rings. The van der Waals surface area contributed by atoms with E-state index in [4.69, 9.17) is 4.74 Å². The minimum Gasteiger partial charge on any atom is -0.484 e. The molecular weight excluding hydrogens is 278 g/mol. The third-order valence-electron chi connectivity index (χ3n) is 3.40. The molecule has 0 bridgehead atoms. The van der Waals surface area contributed by atoms with Crippen LogP contribution in [0.15, 0.2) is 24.3 Å². The second-order valence-electron chi connectivity index (χ2n) is 5.51. The lowest BCUT2D eigenvalue weighted by molar-refractivity contribution is -0.124. The molecule has 2 rings (SSSR count). The quantitative estimate of drug-likeness (QED) is 0.902. The highest BCUT2D eigenvalue weighted by Crippen LogP contribution is 2.22. The number of carbonyl (C=O) groups excluding carboxylic acids is 1. The molecule has 5 nitrogen and oxygen atoms in total. The smallest absolute Gasteiger partial charge is 0.258 e. The summed E-state index contributed by atoms with van der Waals surface area (Å²) in [5, 5.41) is 2.76. The Kier molecular flexibility index (Phi) is 4.04. The molecule has 1 saturated heterocycles. The number of aryl methyl sites for hydroxylation is 1. The Balaban J connectivity index is 1.89. The Morgan fingerprint density at radius 2 is 2.10 bits per heavy atom. The molecule has 1 aromatic carbocycles. The van der Waals surface area contributed by atoms with Gasteiger partial charge in [0.1, 0.15) is 5.75 Å². The van der Waals surface area contributed by atoms with Crippen LogP contribution in [0.4, 0.5) is 0 Å². The van der Waals surface area contributed by atoms with Gasteiger partial charge in [0, 0.05) is 0 Å². The largest absolute Gasteiger partial charge is 0.484 e. The summed E-state index contributed by atoms with van der Waals surface area (Å²) in [5.41, 5.74) is 0.278. The lowest BCUT2D eigenvalue weighted by Crippen LogP contribution is -2.48. The fourth-order valence-electron chi connectivity index (χ4n) is 2.34. The number of carbonyl (C=O) groups is 1. The fourth-order valence-corrected chi connectivity index (χ4v) is 4.44. The van der Waals surface area contributed by atoms with E-state index in [-0.39, 0.29) is 24.0 Å². The first-order valence-corrected chi connectivity index (χ1v) is 8.32. The summed E-state index contributed by atoms with van der Waals surface area (Å²) in [4.78, 5) is 11.9. The topological polar surface area (TPSA) is 72.5 Å². The van der Waals surface area contributed by atoms with Crippen LogP contribution in [-0.4, -0.2) is 38.0 Å². The summed E-state index contributed by atoms with van der Waals surface area (Å²) in [5.74, 6) is 0.484. The van der Waals surface area contributed by atoms with Crippen LogP contribution < -0.4 is 10.1 Å². The van der Waals surface area contributed by atoms with Crippen molar-refractivity contribution in [3.63, 3.8) is 0 Å². The van der Waals surface area contributed by atoms with E-state index in [2.05, 4.69) is 5.32 Å². The van der Waals surface area contributed by atoms with Crippen molar-refractivity contribution < 1.29 is 17.9 Å². The van der Waals surface area contributed by atoms with Crippen LogP contribution in [-0.2, 0) is 14.6 Å². The average molecular weight is 297 g/mol. The first-order chi connectivity index (χ1) is 9.30. The molecule has 0 unspecified atom stereocenters. The number of amides is 1. The van der Waals surface area contributed by atoms with E-state index in [1.807, 2.05) is 25.1 Å². The van der Waals surface area contributed by atoms with Crippen molar-refractivity contribution in [1.29, 1.82) is 0 Å². The highest BCUT2D eigenvalue weighted by atomic mass is 32.2. The number of ether oxygens (including phenoxy) is 1. The summed E-state index contributed by atoms with van der Waals surface area (Å²) in [6.07, 6.45) is 0.450. The minimum atomic E-state index is -3.03. The summed E-state index contributed by atoms with van der Waals surface area (Å²) in [7, 11) is -3.03. The van der Waals surface area contributed by atoms with Crippen molar-refractivity contribution in [2.75, 3.05) is 18.1 Å². The van der Waals surface area contributed by atoms with Gasteiger partial charge >= 0.3 is 0 Å². The third kappa shape index (κ3) is 3.72. The van der Waals surface area contributed by atoms with Crippen molar-refractivity contribution in [3.8, 4) is 5.75 Å². The van der Waals surface area contributed by atoms with Gasteiger partial charge in [-0.1, -0.05) is 18.2 Å². The second-order valence-corrected chi connectivity index (χ2v) is 7.69. The van der Waals surface area contributed by atoms with Gasteiger partial charge in [-0.2, -0.15) is 0 Å². The van der Waals surface area contributed by atoms with Crippen molar-refractivity contribution >= 4 is 15.7 Å². The van der Waals surface area contributed by atoms with Crippen LogP contribution in [0.2, 0.25) is 0 Å². The normalized spacial score (nSPS) is 24.3. The number of rotatable bonds is 4. The summed E-state index contributed by atoms with van der Waals surface area (Å²) >= 11 is 0. The first kappa shape index (κ1) is 14.8. The predicted octanol–water partition coefficient (Wildman–Crippen LogP) is 1.07. The maximum Gasteiger partial charge on any atom is 0.258 e. The molecular formula is C14H19NO4S. The van der Waals surface area contributed by atoms with E-state index in [0.29, 0.717) is 12.2 Å². The lowest BCUT2D eigenvalue weighted by Gasteiger charge is -2.23. The van der Waals surface area contributed by atoms with Gasteiger partial charge in [0.25, 0.3) is 5.91 Å². The van der Waals surface area contributed by atoms with Gasteiger partial charge in [0.2, 0.25) is 0 Å². The number of benzene rings is 1. The standard InChI is InChI=1S/C14H19NO4S/c1-11-5-3-4-6-12(11)19-9-13(16)15-14(2)7-8-20(17,18)10-14/h3-6H,7-10H2,1-2H3,(H,15,16)/t14-/m0/s1. The third-order valence-corrected chi connectivity index (χ3v) is 5.30. The number of sulfone groups is 1. The highest BCUT2D eigenvalue weighted by Gasteiger charge is 2.39. The number of nitrogens with one attached hydrogen (secondary N) is 1. The predicted molar refractivity (Wildman–Crippen MR) is 76.5 cm³/mol. The Morgan fingerprint density at radius 1 is 1.40 bits per heavy atom. The zero-order valence-electron chi connectivity index (χ0n) is 11.7. The lowest BCUT2D eigenvalue weighted by atomic mass is 10.0. The number of hydrogen-bond donors (Lipinski definition) is 1. The van der Waals surface area contributed by atoms with Gasteiger partial charge in [0.05, 0.1) is 17.0 Å². The van der Waals surface area contributed by atoms with Crippen LogP contribution in [0.5, 0.6) is 5.75 Å². The monoisotopic (exact) mass is 297 g/mol. The maximum absolute atomic E-state index is 11.9. The molecule has 110 valence electrons. The van der Waals surface area contributed by atoms with Crippen LogP contribution >= 0.6 is 0 Å². The summed E-state index contributed by atoms with van der Waals surface area (Å²) in [6.45, 7) is 3.54. The molecule has 1 aliphatic rings. The Morgan fingerprint density at radius 3 is 2.70 bits per heavy atom. The van der Waals surface area contributed by atoms with Gasteiger partial charge < -0.3 is 10.1 Å². The van der Waals surface area contributed by atoms with Gasteiger partial charge in [0.15, 0.2) is 16.4 Å². The van der Waals surface area contributed by atoms with Crippen LogP contribution in [0.25, 0.3) is 0 Å². The number of hydrogen-bond acceptors (Lipinski definition) is 4. The molecule has 0 aliphatic carbocycles. The van der Waals surface area contributed by atoms with Crippen LogP contribution in [0.1, 0.15) is 18.9 Å². The van der Waals surface area contributed by atoms with E-state index in [9.17, 15) is 13.2 Å². The Bertz CT molecular complexity index is 611. The van der Waals surface area contributed by atoms with E-state index in [0.717, 1.165) is 5.56 Å². The molecule has 1 heterocycles. The van der Waals surface area contributed by atoms with Crippen molar-refractivity contribution in [2.45, 2.75) is 25.8 Å². The summed E-state index contributed by atoms with van der Waals surface area (Å²) < 4.78 is 28.4. The van der Waals surface area contributed by atoms with E-state index < -0.39 is 15.4 Å². The zero-order valence-corrected chi connectivity index (χ0v) is 12.5. The fraction of sp³-hybridized carbons (Fsp3) is 0.500. The van der Waals surface area contributed by atoms with E-state index in [1.165, 1.54) is 0 Å². The molecule has 1 aromatic rings. The zero-order chi connectivity index (χ0) is 14.8. The van der Waals surface area contributed by atoms with Gasteiger partial charge in [-0.05, 0) is 31.9 Å². The highest BCUT2D eigenvalue weighted by molar-refractivity contribution is 7.91. The molecule has 20 heavy (non-hydrogen) atoms. The molecule has 6 heteroatoms. The van der Waals surface area contributed by atoms with E-state index in [1.54, 1.807) is 13.0 Å². The SMILES string of the molecule is Cc1ccccc1OCC(=O)N[C@@]1(C)CCS(=O)(=O)C1. The van der Waals surface area contributed by atoms with Gasteiger partial charge in [-0.3, -0.25) is 4.79 Å². The molecule has 1 amide bonds. The van der Waals surface area contributed by atoms with Gasteiger partial charge in [-0.25, -0.2) is 8.42 Å². The van der Waals surface area contributed by atoms with Crippen molar-refractivity contribution in [2.24, 2.45) is 0 Å². The molecule has 0 aromatic heterocycles. The molecule has 1 atom stereocenters. The average Bonchev–Trinajstić information content (AvgIpc) is 2.62.